The summed E-state index contributed by atoms with van der Waals surface area (Å²) in [6.45, 7) is 0.801. The van der Waals surface area contributed by atoms with Crippen LogP contribution >= 0.6 is 22.9 Å². The normalized spacial score (nSPS) is 10.7. The molecule has 2 aromatic heterocycles. The predicted octanol–water partition coefficient (Wildman–Crippen LogP) is 2.85. The Hall–Kier alpha value is -0.780. The van der Waals surface area contributed by atoms with Crippen molar-refractivity contribution in [2.45, 2.75) is 12.8 Å². The zero-order chi connectivity index (χ0) is 10.5. The van der Waals surface area contributed by atoms with Crippen molar-refractivity contribution in [3.05, 3.63) is 22.0 Å². The van der Waals surface area contributed by atoms with E-state index in [1.807, 2.05) is 11.6 Å². The molecule has 0 unspecified atom stereocenters. The van der Waals surface area contributed by atoms with Crippen molar-refractivity contribution < 1.29 is 4.74 Å². The van der Waals surface area contributed by atoms with E-state index in [-0.39, 0.29) is 0 Å². The molecule has 0 saturated heterocycles. The van der Waals surface area contributed by atoms with Crippen LogP contribution in [-0.2, 0) is 11.2 Å². The van der Waals surface area contributed by atoms with Crippen molar-refractivity contribution in [3.63, 3.8) is 0 Å². The number of rotatable bonds is 5. The van der Waals surface area contributed by atoms with Gasteiger partial charge in [-0.25, -0.2) is 9.36 Å². The molecule has 0 atom stereocenters. The van der Waals surface area contributed by atoms with E-state index in [1.165, 1.54) is 16.5 Å². The van der Waals surface area contributed by atoms with Gasteiger partial charge in [-0.1, -0.05) is 0 Å². The number of hydrogen-bond donors (Lipinski definition) is 0. The lowest BCUT2D eigenvalue weighted by Crippen LogP contribution is -1.91. The number of aryl methyl sites for hydroxylation is 1. The molecule has 0 aliphatic heterocycles. The first-order valence-corrected chi connectivity index (χ1v) is 6.45. The van der Waals surface area contributed by atoms with Gasteiger partial charge in [-0.3, -0.25) is 0 Å². The average molecular weight is 240 g/mol. The second kappa shape index (κ2) is 5.34. The predicted molar refractivity (Wildman–Crippen MR) is 63.4 cm³/mol. The van der Waals surface area contributed by atoms with Crippen LogP contribution in [-0.4, -0.2) is 23.1 Å². The van der Waals surface area contributed by atoms with Crippen LogP contribution in [0.25, 0.3) is 11.3 Å². The minimum Gasteiger partial charge on any atom is -0.385 e. The average Bonchev–Trinajstić information content (AvgIpc) is 2.87. The molecule has 80 valence electrons. The van der Waals surface area contributed by atoms with Gasteiger partial charge in [0.05, 0.1) is 16.9 Å². The minimum absolute atomic E-state index is 0.801. The summed E-state index contributed by atoms with van der Waals surface area (Å²) in [7, 11) is 1.73. The SMILES string of the molecule is COCCCc1nc(-c2cnsc2)cs1. The van der Waals surface area contributed by atoms with E-state index in [2.05, 4.69) is 14.7 Å². The highest BCUT2D eigenvalue weighted by molar-refractivity contribution is 7.10. The molecule has 0 amide bonds. The maximum absolute atomic E-state index is 5.01. The van der Waals surface area contributed by atoms with Gasteiger partial charge in [-0.05, 0) is 18.0 Å². The Morgan fingerprint density at radius 3 is 3.07 bits per heavy atom. The molecule has 0 spiro atoms. The van der Waals surface area contributed by atoms with Gasteiger partial charge in [-0.15, -0.1) is 11.3 Å². The van der Waals surface area contributed by atoms with E-state index in [1.54, 1.807) is 18.4 Å². The van der Waals surface area contributed by atoms with Crippen molar-refractivity contribution in [2.24, 2.45) is 0 Å². The van der Waals surface area contributed by atoms with E-state index in [0.717, 1.165) is 30.7 Å². The third kappa shape index (κ3) is 2.84. The molecule has 0 fully saturated rings. The Kier molecular flexibility index (Phi) is 3.82. The zero-order valence-electron chi connectivity index (χ0n) is 8.47. The Balaban J connectivity index is 1.98. The number of hydrogen-bond acceptors (Lipinski definition) is 5. The van der Waals surface area contributed by atoms with Gasteiger partial charge in [0, 0.05) is 36.5 Å². The minimum atomic E-state index is 0.801. The zero-order valence-corrected chi connectivity index (χ0v) is 10.1. The molecule has 2 aromatic rings. The molecule has 0 saturated carbocycles. The largest absolute Gasteiger partial charge is 0.385 e. The lowest BCUT2D eigenvalue weighted by molar-refractivity contribution is 0.195. The summed E-state index contributed by atoms with van der Waals surface area (Å²) in [5.41, 5.74) is 2.16. The molecule has 15 heavy (non-hydrogen) atoms. The van der Waals surface area contributed by atoms with Crippen LogP contribution < -0.4 is 0 Å². The Bertz CT molecular complexity index is 397. The van der Waals surface area contributed by atoms with Crippen LogP contribution in [0.1, 0.15) is 11.4 Å². The Morgan fingerprint density at radius 1 is 1.40 bits per heavy atom. The standard InChI is InChI=1S/C10H12N2OS2/c1-13-4-2-3-10-12-9(7-14-10)8-5-11-15-6-8/h5-7H,2-4H2,1H3. The molecule has 5 heteroatoms. The third-order valence-corrected chi connectivity index (χ3v) is 3.51. The smallest absolute Gasteiger partial charge is 0.0933 e. The maximum atomic E-state index is 5.01. The molecule has 2 heterocycles. The summed E-state index contributed by atoms with van der Waals surface area (Å²) in [6, 6.07) is 0. The van der Waals surface area contributed by atoms with Crippen LogP contribution in [0.2, 0.25) is 0 Å². The monoisotopic (exact) mass is 240 g/mol. The molecular formula is C10H12N2OS2. The van der Waals surface area contributed by atoms with Gasteiger partial charge in [-0.2, -0.15) is 0 Å². The first-order valence-electron chi connectivity index (χ1n) is 4.73. The first kappa shape index (κ1) is 10.7. The van der Waals surface area contributed by atoms with Gasteiger partial charge >= 0.3 is 0 Å². The van der Waals surface area contributed by atoms with Crippen molar-refractivity contribution in [1.29, 1.82) is 0 Å². The fourth-order valence-corrected chi connectivity index (χ4v) is 2.64. The van der Waals surface area contributed by atoms with Crippen LogP contribution in [0.3, 0.4) is 0 Å². The fraction of sp³-hybridized carbons (Fsp3) is 0.400. The van der Waals surface area contributed by atoms with Crippen LogP contribution in [0.4, 0.5) is 0 Å². The Labute approximate surface area is 96.9 Å². The fourth-order valence-electron chi connectivity index (χ4n) is 1.26. The summed E-state index contributed by atoms with van der Waals surface area (Å²) < 4.78 is 9.08. The van der Waals surface area contributed by atoms with Crippen LogP contribution in [0.15, 0.2) is 17.0 Å². The lowest BCUT2D eigenvalue weighted by Gasteiger charge is -1.95. The molecular weight excluding hydrogens is 228 g/mol. The van der Waals surface area contributed by atoms with Gasteiger partial charge in [0.1, 0.15) is 0 Å². The number of nitrogens with zero attached hydrogens (tertiary/aromatic N) is 2. The molecule has 0 bridgehead atoms. The number of thiazole rings is 1. The highest BCUT2D eigenvalue weighted by Crippen LogP contribution is 2.23. The second-order valence-electron chi connectivity index (χ2n) is 3.14. The van der Waals surface area contributed by atoms with E-state index in [9.17, 15) is 0 Å². The van der Waals surface area contributed by atoms with E-state index in [4.69, 9.17) is 4.74 Å². The Morgan fingerprint density at radius 2 is 2.33 bits per heavy atom. The van der Waals surface area contributed by atoms with E-state index >= 15 is 0 Å². The number of ether oxygens (including phenoxy) is 1. The highest BCUT2D eigenvalue weighted by atomic mass is 32.1. The van der Waals surface area contributed by atoms with Gasteiger partial charge in [0.25, 0.3) is 0 Å². The summed E-state index contributed by atoms with van der Waals surface area (Å²) in [4.78, 5) is 4.55. The number of methoxy groups -OCH3 is 1. The van der Waals surface area contributed by atoms with Gasteiger partial charge < -0.3 is 4.74 Å². The van der Waals surface area contributed by atoms with Crippen LogP contribution in [0.5, 0.6) is 0 Å². The highest BCUT2D eigenvalue weighted by Gasteiger charge is 2.04. The summed E-state index contributed by atoms with van der Waals surface area (Å²) in [5, 5.41) is 5.29. The molecule has 0 aliphatic rings. The van der Waals surface area contributed by atoms with E-state index in [0.29, 0.717) is 0 Å². The topological polar surface area (TPSA) is 35.0 Å². The van der Waals surface area contributed by atoms with Crippen molar-refractivity contribution in [3.8, 4) is 11.3 Å². The first-order chi connectivity index (χ1) is 7.40. The molecule has 0 aromatic carbocycles. The molecule has 0 N–H and O–H groups in total. The molecule has 0 aliphatic carbocycles. The summed E-state index contributed by atoms with van der Waals surface area (Å²) in [5.74, 6) is 0. The summed E-state index contributed by atoms with van der Waals surface area (Å²) >= 11 is 3.17. The quantitative estimate of drug-likeness (QED) is 0.754. The van der Waals surface area contributed by atoms with Crippen molar-refractivity contribution >= 4 is 22.9 Å². The van der Waals surface area contributed by atoms with Gasteiger partial charge in [0.2, 0.25) is 0 Å². The molecule has 3 nitrogen and oxygen atoms in total. The molecule has 0 radical (unpaired) electrons. The second-order valence-corrected chi connectivity index (χ2v) is 4.74. The molecule has 2 rings (SSSR count). The van der Waals surface area contributed by atoms with E-state index < -0.39 is 0 Å². The third-order valence-electron chi connectivity index (χ3n) is 2.02. The lowest BCUT2D eigenvalue weighted by atomic mass is 10.3. The summed E-state index contributed by atoms with van der Waals surface area (Å²) in [6.07, 6.45) is 3.89. The van der Waals surface area contributed by atoms with Crippen molar-refractivity contribution in [1.82, 2.24) is 9.36 Å². The van der Waals surface area contributed by atoms with Crippen LogP contribution in [0, 0.1) is 0 Å². The van der Waals surface area contributed by atoms with Crippen molar-refractivity contribution in [2.75, 3.05) is 13.7 Å². The number of aromatic nitrogens is 2. The van der Waals surface area contributed by atoms with Gasteiger partial charge in [0.15, 0.2) is 0 Å². The maximum Gasteiger partial charge on any atom is 0.0933 e.